The highest BCUT2D eigenvalue weighted by atomic mass is 35.5. The lowest BCUT2D eigenvalue weighted by Crippen LogP contribution is -2.21. The van der Waals surface area contributed by atoms with Gasteiger partial charge in [0.25, 0.3) is 0 Å². The summed E-state index contributed by atoms with van der Waals surface area (Å²) in [5, 5.41) is 10.4. The first-order chi connectivity index (χ1) is 14.3. The number of carbonyl (C=O) groups is 1. The molecule has 6 nitrogen and oxygen atoms in total. The summed E-state index contributed by atoms with van der Waals surface area (Å²) in [6.07, 6.45) is -1.05. The Morgan fingerprint density at radius 3 is 2.63 bits per heavy atom. The summed E-state index contributed by atoms with van der Waals surface area (Å²) in [4.78, 5) is 15.8. The summed E-state index contributed by atoms with van der Waals surface area (Å²) in [7, 11) is 0. The fourth-order valence-corrected chi connectivity index (χ4v) is 3.13. The van der Waals surface area contributed by atoms with Crippen LogP contribution in [0.2, 0.25) is 5.15 Å². The quantitative estimate of drug-likeness (QED) is 0.538. The van der Waals surface area contributed by atoms with Crippen LogP contribution < -0.4 is 10.6 Å². The SMILES string of the molecule is Cc1nn(-c2cccc(C(F)(F)F)c2)c(Cl)c1CNCCC(=O)Nc1ccncc1. The number of hydrogen-bond acceptors (Lipinski definition) is 4. The van der Waals surface area contributed by atoms with Crippen molar-refractivity contribution in [3.8, 4) is 5.69 Å². The average Bonchev–Trinajstić information content (AvgIpc) is 2.99. The van der Waals surface area contributed by atoms with E-state index in [0.717, 1.165) is 12.1 Å². The van der Waals surface area contributed by atoms with Crippen molar-refractivity contribution >= 4 is 23.2 Å². The molecule has 10 heteroatoms. The molecule has 0 atom stereocenters. The molecule has 2 heterocycles. The molecule has 0 radical (unpaired) electrons. The second-order valence-electron chi connectivity index (χ2n) is 6.53. The van der Waals surface area contributed by atoms with Crippen LogP contribution in [0.25, 0.3) is 5.69 Å². The predicted molar refractivity (Wildman–Crippen MR) is 108 cm³/mol. The van der Waals surface area contributed by atoms with Crippen LogP contribution in [-0.2, 0) is 17.5 Å². The lowest BCUT2D eigenvalue weighted by molar-refractivity contribution is -0.137. The highest BCUT2D eigenvalue weighted by Gasteiger charge is 2.30. The predicted octanol–water partition coefficient (Wildman–Crippen LogP) is 4.37. The van der Waals surface area contributed by atoms with Crippen molar-refractivity contribution < 1.29 is 18.0 Å². The molecule has 0 bridgehead atoms. The molecule has 0 aliphatic rings. The number of amides is 1. The third-order valence-electron chi connectivity index (χ3n) is 4.33. The zero-order valence-corrected chi connectivity index (χ0v) is 16.8. The van der Waals surface area contributed by atoms with Crippen molar-refractivity contribution in [1.29, 1.82) is 0 Å². The summed E-state index contributed by atoms with van der Waals surface area (Å²) < 4.78 is 40.2. The normalized spacial score (nSPS) is 11.5. The fraction of sp³-hybridized carbons (Fsp3) is 0.250. The molecule has 0 saturated carbocycles. The van der Waals surface area contributed by atoms with Gasteiger partial charge >= 0.3 is 6.18 Å². The van der Waals surface area contributed by atoms with Gasteiger partial charge in [0.05, 0.1) is 16.9 Å². The minimum Gasteiger partial charge on any atom is -0.326 e. The highest BCUT2D eigenvalue weighted by molar-refractivity contribution is 6.30. The number of halogens is 4. The van der Waals surface area contributed by atoms with E-state index in [2.05, 4.69) is 20.7 Å². The molecule has 158 valence electrons. The topological polar surface area (TPSA) is 71.8 Å². The van der Waals surface area contributed by atoms with Crippen LogP contribution in [0.5, 0.6) is 0 Å². The number of alkyl halides is 3. The van der Waals surface area contributed by atoms with Gasteiger partial charge in [-0.2, -0.15) is 18.3 Å². The number of aryl methyl sites for hydroxylation is 1. The van der Waals surface area contributed by atoms with Gasteiger partial charge in [-0.25, -0.2) is 4.68 Å². The number of aromatic nitrogens is 3. The number of nitrogens with zero attached hydrogens (tertiary/aromatic N) is 3. The van der Waals surface area contributed by atoms with Gasteiger partial charge in [0.15, 0.2) is 0 Å². The molecular weight excluding hydrogens is 419 g/mol. The molecule has 3 rings (SSSR count). The molecule has 0 aliphatic carbocycles. The number of pyridine rings is 1. The van der Waals surface area contributed by atoms with Crippen LogP contribution in [0.4, 0.5) is 18.9 Å². The molecule has 2 aromatic heterocycles. The zero-order valence-electron chi connectivity index (χ0n) is 16.0. The van der Waals surface area contributed by atoms with Gasteiger partial charge in [-0.1, -0.05) is 17.7 Å². The van der Waals surface area contributed by atoms with Crippen molar-refractivity contribution in [2.24, 2.45) is 0 Å². The van der Waals surface area contributed by atoms with Gasteiger partial charge in [-0.05, 0) is 37.3 Å². The lowest BCUT2D eigenvalue weighted by Gasteiger charge is -2.09. The summed E-state index contributed by atoms with van der Waals surface area (Å²) in [6, 6.07) is 8.19. The Bertz CT molecular complexity index is 1020. The first-order valence-electron chi connectivity index (χ1n) is 9.08. The minimum atomic E-state index is -4.45. The average molecular weight is 438 g/mol. The van der Waals surface area contributed by atoms with Crippen LogP contribution in [0.1, 0.15) is 23.2 Å². The number of nitrogens with one attached hydrogen (secondary N) is 2. The van der Waals surface area contributed by atoms with Crippen molar-refractivity contribution in [3.63, 3.8) is 0 Å². The number of anilines is 1. The smallest absolute Gasteiger partial charge is 0.326 e. The third-order valence-corrected chi connectivity index (χ3v) is 4.72. The van der Waals surface area contributed by atoms with Gasteiger partial charge < -0.3 is 10.6 Å². The molecule has 1 amide bonds. The molecule has 0 unspecified atom stereocenters. The first-order valence-corrected chi connectivity index (χ1v) is 9.45. The third kappa shape index (κ3) is 5.37. The Morgan fingerprint density at radius 2 is 1.93 bits per heavy atom. The van der Waals surface area contributed by atoms with E-state index in [0.29, 0.717) is 30.0 Å². The molecule has 0 saturated heterocycles. The molecule has 0 spiro atoms. The Balaban J connectivity index is 1.60. The Morgan fingerprint density at radius 1 is 1.20 bits per heavy atom. The Kier molecular flexibility index (Phi) is 6.73. The number of hydrogen-bond donors (Lipinski definition) is 2. The first kappa shape index (κ1) is 21.8. The van der Waals surface area contributed by atoms with Crippen molar-refractivity contribution in [1.82, 2.24) is 20.1 Å². The van der Waals surface area contributed by atoms with Gasteiger partial charge in [0, 0.05) is 43.2 Å². The van der Waals surface area contributed by atoms with Gasteiger partial charge in [0.2, 0.25) is 5.91 Å². The van der Waals surface area contributed by atoms with Crippen LogP contribution in [0.15, 0.2) is 48.8 Å². The van der Waals surface area contributed by atoms with Crippen LogP contribution in [-0.4, -0.2) is 27.2 Å². The summed E-state index contributed by atoms with van der Waals surface area (Å²) in [5.74, 6) is -0.156. The second kappa shape index (κ2) is 9.27. The Labute approximate surface area is 176 Å². The number of carbonyl (C=O) groups excluding carboxylic acids is 1. The van der Waals surface area contributed by atoms with Crippen LogP contribution in [0, 0.1) is 6.92 Å². The summed E-state index contributed by atoms with van der Waals surface area (Å²) in [5.41, 5.74) is 1.36. The van der Waals surface area contributed by atoms with E-state index < -0.39 is 11.7 Å². The van der Waals surface area contributed by atoms with Crippen molar-refractivity contribution in [3.05, 3.63) is 70.8 Å². The molecule has 2 N–H and O–H groups in total. The molecule has 0 fully saturated rings. The van der Waals surface area contributed by atoms with Gasteiger partial charge in [-0.3, -0.25) is 9.78 Å². The van der Waals surface area contributed by atoms with Crippen LogP contribution >= 0.6 is 11.6 Å². The van der Waals surface area contributed by atoms with E-state index in [1.54, 1.807) is 31.5 Å². The monoisotopic (exact) mass is 437 g/mol. The zero-order chi connectivity index (χ0) is 21.7. The van der Waals surface area contributed by atoms with Crippen molar-refractivity contribution in [2.45, 2.75) is 26.1 Å². The molecule has 30 heavy (non-hydrogen) atoms. The maximum Gasteiger partial charge on any atom is 0.416 e. The standard InChI is InChI=1S/C20H19ClF3N5O/c1-13-17(12-26-10-7-18(30)27-15-5-8-25-9-6-15)19(21)29(28-13)16-4-2-3-14(11-16)20(22,23)24/h2-6,8-9,11,26H,7,10,12H2,1H3,(H,25,27,30). The maximum atomic E-state index is 13.0. The van der Waals surface area contributed by atoms with E-state index in [1.807, 2.05) is 0 Å². The molecular formula is C20H19ClF3N5O. The minimum absolute atomic E-state index is 0.156. The molecule has 0 aliphatic heterocycles. The van der Waals surface area contributed by atoms with Crippen molar-refractivity contribution in [2.75, 3.05) is 11.9 Å². The van der Waals surface area contributed by atoms with E-state index >= 15 is 0 Å². The molecule has 3 aromatic rings. The second-order valence-corrected chi connectivity index (χ2v) is 6.88. The summed E-state index contributed by atoms with van der Waals surface area (Å²) >= 11 is 6.37. The van der Waals surface area contributed by atoms with E-state index in [1.165, 1.54) is 16.8 Å². The van der Waals surface area contributed by atoms with Crippen LogP contribution in [0.3, 0.4) is 0 Å². The van der Waals surface area contributed by atoms with Gasteiger partial charge in [0.1, 0.15) is 5.15 Å². The largest absolute Gasteiger partial charge is 0.416 e. The van der Waals surface area contributed by atoms with E-state index in [9.17, 15) is 18.0 Å². The Hall–Kier alpha value is -2.91. The van der Waals surface area contributed by atoms with E-state index in [-0.39, 0.29) is 23.2 Å². The van der Waals surface area contributed by atoms with E-state index in [4.69, 9.17) is 11.6 Å². The number of rotatable bonds is 7. The number of benzene rings is 1. The lowest BCUT2D eigenvalue weighted by atomic mass is 10.2. The highest BCUT2D eigenvalue weighted by Crippen LogP contribution is 2.31. The maximum absolute atomic E-state index is 13.0. The van der Waals surface area contributed by atoms with Gasteiger partial charge in [-0.15, -0.1) is 0 Å². The fourth-order valence-electron chi connectivity index (χ4n) is 2.79. The summed E-state index contributed by atoms with van der Waals surface area (Å²) in [6.45, 7) is 2.44. The molecule has 1 aromatic carbocycles.